The third-order valence-corrected chi connectivity index (χ3v) is 5.44. The first kappa shape index (κ1) is 19.6. The third-order valence-electron chi connectivity index (χ3n) is 4.07. The van der Waals surface area contributed by atoms with Gasteiger partial charge in [-0.3, -0.25) is 14.5 Å². The van der Waals surface area contributed by atoms with Gasteiger partial charge in [-0.05, 0) is 10.4 Å². The molecular weight excluding hydrogens is 398 g/mol. The van der Waals surface area contributed by atoms with Crippen molar-refractivity contribution in [3.05, 3.63) is 17.1 Å². The van der Waals surface area contributed by atoms with Crippen LogP contribution in [0.25, 0.3) is 0 Å². The smallest absolute Gasteiger partial charge is 0.404 e. The highest BCUT2D eigenvalue weighted by Gasteiger charge is 2.66. The third kappa shape index (κ3) is 3.24. The van der Waals surface area contributed by atoms with Gasteiger partial charge in [0.1, 0.15) is 17.7 Å². The number of ether oxygens (including phenoxy) is 2. The van der Waals surface area contributed by atoms with Gasteiger partial charge in [0.15, 0.2) is 5.82 Å². The summed E-state index contributed by atoms with van der Waals surface area (Å²) in [6, 6.07) is 0. The number of hydrogen-bond acceptors (Lipinski definition) is 10. The molecule has 1 aromatic rings. The van der Waals surface area contributed by atoms with Crippen LogP contribution in [0.2, 0.25) is 0 Å². The van der Waals surface area contributed by atoms with Crippen molar-refractivity contribution in [3.8, 4) is 0 Å². The number of tetrazole rings is 1. The molecule has 0 spiro atoms. The molecule has 150 valence electrons. The standard InChI is InChI=1S/C13H15N7O7S/c1-26-13(15-7(21)2-6-16-18-19-17-6)10(24)20-8(9(22)23)5(3-27-12(14)25)4-28-11(13)20/h11H,2-4H2,1H3,(H2,14,25)(H,15,21)(H,22,23)(H,16,17,18,19)/t11-,13?/m0/s1. The van der Waals surface area contributed by atoms with Crippen molar-refractivity contribution >= 4 is 35.6 Å². The van der Waals surface area contributed by atoms with E-state index in [1.54, 1.807) is 0 Å². The van der Waals surface area contributed by atoms with E-state index >= 15 is 0 Å². The Morgan fingerprint density at radius 3 is 2.82 bits per heavy atom. The van der Waals surface area contributed by atoms with Crippen molar-refractivity contribution in [2.45, 2.75) is 17.5 Å². The van der Waals surface area contributed by atoms with E-state index in [4.69, 9.17) is 10.5 Å². The van der Waals surface area contributed by atoms with Crippen molar-refractivity contribution in [1.29, 1.82) is 0 Å². The second-order valence-corrected chi connectivity index (χ2v) is 6.78. The van der Waals surface area contributed by atoms with E-state index in [0.717, 1.165) is 16.7 Å². The average molecular weight is 413 g/mol. The van der Waals surface area contributed by atoms with Crippen LogP contribution in [0, 0.1) is 0 Å². The SMILES string of the molecule is COC1(NC(=O)Cc2nnn[nH]2)C(=O)N2C(C(=O)O)=C(COC(N)=O)CS[C@H]21. The van der Waals surface area contributed by atoms with Gasteiger partial charge in [0.25, 0.3) is 11.6 Å². The Morgan fingerprint density at radius 2 is 2.25 bits per heavy atom. The van der Waals surface area contributed by atoms with Crippen LogP contribution in [0.4, 0.5) is 4.79 Å². The molecule has 28 heavy (non-hydrogen) atoms. The molecule has 3 amide bonds. The highest BCUT2D eigenvalue weighted by atomic mass is 32.2. The fraction of sp³-hybridized carbons (Fsp3) is 0.462. The van der Waals surface area contributed by atoms with Crippen LogP contribution in [0.5, 0.6) is 0 Å². The number of nitrogens with one attached hydrogen (secondary N) is 2. The number of methoxy groups -OCH3 is 1. The zero-order chi connectivity index (χ0) is 20.5. The Hall–Kier alpha value is -3.20. The Balaban J connectivity index is 1.81. The number of β-lactam (4-membered cyclic amide) rings is 1. The maximum atomic E-state index is 12.8. The maximum absolute atomic E-state index is 12.8. The number of carboxylic acid groups (broad SMARTS) is 1. The highest BCUT2D eigenvalue weighted by Crippen LogP contribution is 2.46. The summed E-state index contributed by atoms with van der Waals surface area (Å²) in [5, 5.41) is 23.9. The lowest BCUT2D eigenvalue weighted by atomic mass is 9.98. The molecule has 1 aromatic heterocycles. The van der Waals surface area contributed by atoms with Crippen LogP contribution in [-0.4, -0.2) is 85.1 Å². The van der Waals surface area contributed by atoms with Crippen molar-refractivity contribution in [2.75, 3.05) is 19.5 Å². The normalized spacial score (nSPS) is 23.7. The van der Waals surface area contributed by atoms with Gasteiger partial charge >= 0.3 is 12.1 Å². The number of H-pyrrole nitrogens is 1. The van der Waals surface area contributed by atoms with Gasteiger partial charge < -0.3 is 25.6 Å². The molecular formula is C13H15N7O7S. The van der Waals surface area contributed by atoms with Crippen LogP contribution >= 0.6 is 11.8 Å². The number of hydrogen-bond donors (Lipinski definition) is 4. The molecule has 5 N–H and O–H groups in total. The van der Waals surface area contributed by atoms with Crippen LogP contribution in [-0.2, 0) is 30.3 Å². The van der Waals surface area contributed by atoms with Crippen molar-refractivity contribution in [3.63, 3.8) is 0 Å². The van der Waals surface area contributed by atoms with Crippen LogP contribution in [0.15, 0.2) is 11.3 Å². The molecule has 3 heterocycles. The Morgan fingerprint density at radius 1 is 1.50 bits per heavy atom. The van der Waals surface area contributed by atoms with E-state index in [-0.39, 0.29) is 35.9 Å². The number of aromatic nitrogens is 4. The number of aliphatic carboxylic acids is 1. The van der Waals surface area contributed by atoms with E-state index in [0.29, 0.717) is 0 Å². The first-order valence-corrected chi connectivity index (χ1v) is 8.76. The molecule has 1 fully saturated rings. The van der Waals surface area contributed by atoms with Crippen molar-refractivity contribution < 1.29 is 33.8 Å². The summed E-state index contributed by atoms with van der Waals surface area (Å²) in [4.78, 5) is 48.5. The van der Waals surface area contributed by atoms with E-state index in [1.165, 1.54) is 7.11 Å². The molecule has 1 saturated heterocycles. The number of aromatic amines is 1. The number of carbonyl (C=O) groups excluding carboxylic acids is 3. The number of nitrogens with zero attached hydrogens (tertiary/aromatic N) is 4. The number of nitrogens with two attached hydrogens (primary N) is 1. The molecule has 0 radical (unpaired) electrons. The van der Waals surface area contributed by atoms with Gasteiger partial charge in [0.2, 0.25) is 5.91 Å². The summed E-state index contributed by atoms with van der Waals surface area (Å²) >= 11 is 1.14. The molecule has 0 aromatic carbocycles. The average Bonchev–Trinajstić information content (AvgIpc) is 3.15. The fourth-order valence-corrected chi connectivity index (χ4v) is 4.29. The Kier molecular flexibility index (Phi) is 5.19. The molecule has 1 unspecified atom stereocenters. The predicted molar refractivity (Wildman–Crippen MR) is 89.1 cm³/mol. The maximum Gasteiger partial charge on any atom is 0.404 e. The molecule has 0 saturated carbocycles. The number of carbonyl (C=O) groups is 4. The quantitative estimate of drug-likeness (QED) is 0.273. The Labute approximate surface area is 160 Å². The zero-order valence-electron chi connectivity index (χ0n) is 14.4. The topological polar surface area (TPSA) is 203 Å². The number of primary amides is 1. The predicted octanol–water partition coefficient (Wildman–Crippen LogP) is -2.45. The highest BCUT2D eigenvalue weighted by molar-refractivity contribution is 8.00. The molecule has 2 aliphatic heterocycles. The van der Waals surface area contributed by atoms with E-state index in [1.807, 2.05) is 0 Å². The second-order valence-electron chi connectivity index (χ2n) is 5.72. The molecule has 14 nitrogen and oxygen atoms in total. The van der Waals surface area contributed by atoms with Gasteiger partial charge in [-0.2, -0.15) is 0 Å². The van der Waals surface area contributed by atoms with Gasteiger partial charge in [0.05, 0.1) is 6.42 Å². The molecule has 15 heteroatoms. The summed E-state index contributed by atoms with van der Waals surface area (Å²) in [5.74, 6) is -2.45. The number of thioether (sulfide) groups is 1. The van der Waals surface area contributed by atoms with Gasteiger partial charge in [-0.25, -0.2) is 14.7 Å². The number of amides is 3. The van der Waals surface area contributed by atoms with Crippen LogP contribution < -0.4 is 11.1 Å². The summed E-state index contributed by atoms with van der Waals surface area (Å²) < 4.78 is 9.93. The van der Waals surface area contributed by atoms with Gasteiger partial charge in [-0.15, -0.1) is 16.9 Å². The van der Waals surface area contributed by atoms with Crippen molar-refractivity contribution in [2.24, 2.45) is 5.73 Å². The summed E-state index contributed by atoms with van der Waals surface area (Å²) in [5.41, 5.74) is 3.02. The van der Waals surface area contributed by atoms with E-state index in [9.17, 15) is 24.3 Å². The first-order chi connectivity index (χ1) is 13.3. The lowest BCUT2D eigenvalue weighted by Gasteiger charge is -2.55. The minimum Gasteiger partial charge on any atom is -0.477 e. The number of carboxylic acids is 1. The van der Waals surface area contributed by atoms with E-state index < -0.39 is 35.0 Å². The fourth-order valence-electron chi connectivity index (χ4n) is 2.87. The zero-order valence-corrected chi connectivity index (χ0v) is 15.2. The molecule has 3 rings (SSSR count). The minimum atomic E-state index is -1.74. The number of rotatable bonds is 7. The second kappa shape index (κ2) is 7.43. The lowest BCUT2D eigenvalue weighted by molar-refractivity contribution is -0.192. The summed E-state index contributed by atoms with van der Waals surface area (Å²) in [7, 11) is 1.22. The summed E-state index contributed by atoms with van der Waals surface area (Å²) in [6.07, 6.45) is -1.30. The minimum absolute atomic E-state index is 0.121. The molecule has 2 aliphatic rings. The number of fused-ring (bicyclic) bond motifs is 1. The largest absolute Gasteiger partial charge is 0.477 e. The lowest BCUT2D eigenvalue weighted by Crippen LogP contribution is -2.80. The van der Waals surface area contributed by atoms with E-state index in [2.05, 4.69) is 30.7 Å². The summed E-state index contributed by atoms with van der Waals surface area (Å²) in [6.45, 7) is -0.370. The molecule has 2 atom stereocenters. The Bertz CT molecular complexity index is 857. The van der Waals surface area contributed by atoms with Crippen molar-refractivity contribution in [1.82, 2.24) is 30.8 Å². The van der Waals surface area contributed by atoms with Crippen LogP contribution in [0.3, 0.4) is 0 Å². The molecule has 0 bridgehead atoms. The van der Waals surface area contributed by atoms with Gasteiger partial charge in [-0.1, -0.05) is 0 Å². The molecule has 0 aliphatic carbocycles. The van der Waals surface area contributed by atoms with Crippen LogP contribution in [0.1, 0.15) is 5.82 Å². The monoisotopic (exact) mass is 413 g/mol. The van der Waals surface area contributed by atoms with Gasteiger partial charge in [0, 0.05) is 18.4 Å². The first-order valence-electron chi connectivity index (χ1n) is 7.71.